The number of allylic oxidation sites excluding steroid dienone is 2. The molecule has 2 rings (SSSR count). The highest BCUT2D eigenvalue weighted by molar-refractivity contribution is 5.92. The minimum Gasteiger partial charge on any atom is -0.424 e. The first-order chi connectivity index (χ1) is 21.0. The molecule has 8 nitrogen and oxygen atoms in total. The van der Waals surface area contributed by atoms with Gasteiger partial charge in [0.15, 0.2) is 11.5 Å². The van der Waals surface area contributed by atoms with Gasteiger partial charge in [-0.05, 0) is 58.1 Å². The first-order valence-corrected chi connectivity index (χ1v) is 16.9. The van der Waals surface area contributed by atoms with Crippen LogP contribution in [0, 0.1) is 5.41 Å². The van der Waals surface area contributed by atoms with Crippen molar-refractivity contribution in [2.45, 2.75) is 143 Å². The number of benzene rings is 1. The number of amides is 2. The number of anilines is 1. The Kier molecular flexibility index (Phi) is 17.3. The second-order valence-electron chi connectivity index (χ2n) is 13.1. The van der Waals surface area contributed by atoms with Crippen molar-refractivity contribution in [1.29, 1.82) is 0 Å². The Morgan fingerprint density at radius 1 is 0.864 bits per heavy atom. The molecule has 0 aromatic heterocycles. The molecule has 1 atom stereocenters. The minimum atomic E-state index is -0.853. The molecule has 8 heteroatoms. The van der Waals surface area contributed by atoms with E-state index in [0.717, 1.165) is 25.7 Å². The molecule has 0 saturated carbocycles. The van der Waals surface area contributed by atoms with Crippen LogP contribution in [0.3, 0.4) is 0 Å². The molecular weight excluding hydrogens is 556 g/mol. The number of carbonyl (C=O) groups excluding carboxylic acids is 3. The quantitative estimate of drug-likeness (QED) is 0.0626. The Morgan fingerprint density at radius 2 is 1.48 bits per heavy atom. The summed E-state index contributed by atoms with van der Waals surface area (Å²) in [5.41, 5.74) is -0.0383. The summed E-state index contributed by atoms with van der Waals surface area (Å²) >= 11 is 0. The summed E-state index contributed by atoms with van der Waals surface area (Å²) in [6.07, 6.45) is 20.1. The molecule has 1 unspecified atom stereocenters. The van der Waals surface area contributed by atoms with E-state index < -0.39 is 23.3 Å². The van der Waals surface area contributed by atoms with Crippen molar-refractivity contribution in [1.82, 2.24) is 5.32 Å². The third-order valence-electron chi connectivity index (χ3n) is 7.82. The van der Waals surface area contributed by atoms with E-state index in [4.69, 9.17) is 14.2 Å². The smallest absolute Gasteiger partial charge is 0.313 e. The van der Waals surface area contributed by atoms with E-state index in [2.05, 4.69) is 29.7 Å². The lowest BCUT2D eigenvalue weighted by molar-refractivity contribution is -0.304. The fraction of sp³-hybridized carbons (Fsp3) is 0.694. The summed E-state index contributed by atoms with van der Waals surface area (Å²) in [6, 6.07) is 6.89. The molecule has 1 aliphatic rings. The van der Waals surface area contributed by atoms with Gasteiger partial charge in [0.1, 0.15) is 6.10 Å². The van der Waals surface area contributed by atoms with Gasteiger partial charge < -0.3 is 24.8 Å². The standard InChI is InChI=1S/C36H58N2O6/c1-6-7-8-9-10-11-12-13-14-15-16-17-18-19-20-25-31(39)38-29-23-21-22-24-30(29)43-32(40)26-27-37-34(41)33-35(2,3)28-42-36(4,5)44-33/h13-14,21-24,33H,6-12,15-20,25-28H2,1-5H3,(H,37,41)(H,38,39). The van der Waals surface area contributed by atoms with Gasteiger partial charge in [0.2, 0.25) is 11.8 Å². The number of carbonyl (C=O) groups is 3. The maximum absolute atomic E-state index is 12.8. The maximum atomic E-state index is 12.8. The van der Waals surface area contributed by atoms with E-state index in [1.807, 2.05) is 13.8 Å². The van der Waals surface area contributed by atoms with E-state index in [0.29, 0.717) is 18.7 Å². The molecule has 1 fully saturated rings. The Labute approximate surface area is 266 Å². The van der Waals surface area contributed by atoms with Crippen molar-refractivity contribution in [3.8, 4) is 5.75 Å². The second kappa shape index (κ2) is 20.3. The lowest BCUT2D eigenvalue weighted by Crippen LogP contribution is -2.56. The Bertz CT molecular complexity index is 1040. The fourth-order valence-corrected chi connectivity index (χ4v) is 5.10. The van der Waals surface area contributed by atoms with E-state index in [-0.39, 0.29) is 30.5 Å². The van der Waals surface area contributed by atoms with Crippen molar-refractivity contribution >= 4 is 23.5 Å². The molecule has 1 aliphatic heterocycles. The second-order valence-corrected chi connectivity index (χ2v) is 13.1. The molecule has 44 heavy (non-hydrogen) atoms. The van der Waals surface area contributed by atoms with Gasteiger partial charge in [0.25, 0.3) is 0 Å². The average molecular weight is 615 g/mol. The first kappa shape index (κ1) is 37.5. The van der Waals surface area contributed by atoms with Crippen LogP contribution >= 0.6 is 0 Å². The largest absolute Gasteiger partial charge is 0.424 e. The van der Waals surface area contributed by atoms with E-state index in [1.165, 1.54) is 57.8 Å². The number of hydrogen-bond donors (Lipinski definition) is 2. The number of ether oxygens (including phenoxy) is 3. The molecule has 0 aliphatic carbocycles. The van der Waals surface area contributed by atoms with Crippen LogP contribution in [0.5, 0.6) is 5.75 Å². The summed E-state index contributed by atoms with van der Waals surface area (Å²) in [4.78, 5) is 37.8. The molecular formula is C36H58N2O6. The van der Waals surface area contributed by atoms with Gasteiger partial charge in [0, 0.05) is 18.4 Å². The topological polar surface area (TPSA) is 103 Å². The Hall–Kier alpha value is -2.71. The number of unbranched alkanes of at least 4 members (excludes halogenated alkanes) is 11. The minimum absolute atomic E-state index is 0.0179. The van der Waals surface area contributed by atoms with Crippen LogP contribution in [-0.4, -0.2) is 42.8 Å². The molecule has 248 valence electrons. The number of hydrogen-bond acceptors (Lipinski definition) is 6. The maximum Gasteiger partial charge on any atom is 0.313 e. The van der Waals surface area contributed by atoms with Crippen LogP contribution in [0.1, 0.15) is 131 Å². The van der Waals surface area contributed by atoms with Crippen molar-refractivity contribution in [2.75, 3.05) is 18.5 Å². The zero-order valence-electron chi connectivity index (χ0n) is 28.0. The van der Waals surface area contributed by atoms with Crippen molar-refractivity contribution in [2.24, 2.45) is 5.41 Å². The summed E-state index contributed by atoms with van der Waals surface area (Å²) in [6.45, 7) is 10.1. The molecule has 2 N–H and O–H groups in total. The lowest BCUT2D eigenvalue weighted by atomic mass is 9.85. The monoisotopic (exact) mass is 614 g/mol. The van der Waals surface area contributed by atoms with Gasteiger partial charge in [-0.2, -0.15) is 0 Å². The first-order valence-electron chi connectivity index (χ1n) is 16.9. The highest BCUT2D eigenvalue weighted by Crippen LogP contribution is 2.35. The van der Waals surface area contributed by atoms with Gasteiger partial charge in [-0.1, -0.05) is 96.4 Å². The Balaban J connectivity index is 1.60. The number of para-hydroxylation sites is 2. The van der Waals surface area contributed by atoms with Gasteiger partial charge in [-0.15, -0.1) is 0 Å². The number of nitrogens with one attached hydrogen (secondary N) is 2. The lowest BCUT2D eigenvalue weighted by Gasteiger charge is -2.44. The van der Waals surface area contributed by atoms with Gasteiger partial charge in [-0.25, -0.2) is 0 Å². The summed E-state index contributed by atoms with van der Waals surface area (Å²) in [7, 11) is 0. The van der Waals surface area contributed by atoms with Gasteiger partial charge in [0.05, 0.1) is 18.7 Å². The normalized spacial score (nSPS) is 17.3. The van der Waals surface area contributed by atoms with Crippen LogP contribution in [0.15, 0.2) is 36.4 Å². The van der Waals surface area contributed by atoms with Crippen LogP contribution in [0.25, 0.3) is 0 Å². The third kappa shape index (κ3) is 15.3. The molecule has 0 spiro atoms. The molecule has 1 aromatic carbocycles. The van der Waals surface area contributed by atoms with Crippen molar-refractivity contribution < 1.29 is 28.6 Å². The zero-order chi connectivity index (χ0) is 32.3. The predicted molar refractivity (Wildman–Crippen MR) is 176 cm³/mol. The SMILES string of the molecule is CCCCCCCCC=CCCCCCCCC(=O)Nc1ccccc1OC(=O)CCNC(=O)C1OC(C)(C)OCC1(C)C. The number of esters is 1. The molecule has 1 aromatic rings. The molecule has 2 amide bonds. The van der Waals surface area contributed by atoms with Gasteiger partial charge in [-0.3, -0.25) is 14.4 Å². The zero-order valence-corrected chi connectivity index (χ0v) is 28.0. The predicted octanol–water partition coefficient (Wildman–Crippen LogP) is 8.25. The Morgan fingerprint density at radius 3 is 2.16 bits per heavy atom. The van der Waals surface area contributed by atoms with Crippen molar-refractivity contribution in [3.05, 3.63) is 36.4 Å². The van der Waals surface area contributed by atoms with Crippen molar-refractivity contribution in [3.63, 3.8) is 0 Å². The summed E-state index contributed by atoms with van der Waals surface area (Å²) in [5, 5.41) is 5.65. The number of rotatable bonds is 21. The summed E-state index contributed by atoms with van der Waals surface area (Å²) in [5.74, 6) is -1.45. The summed E-state index contributed by atoms with van der Waals surface area (Å²) < 4.78 is 17.0. The third-order valence-corrected chi connectivity index (χ3v) is 7.82. The van der Waals surface area contributed by atoms with E-state index in [1.54, 1.807) is 38.1 Å². The van der Waals surface area contributed by atoms with Gasteiger partial charge >= 0.3 is 5.97 Å². The highest BCUT2D eigenvalue weighted by Gasteiger charge is 2.45. The highest BCUT2D eigenvalue weighted by atomic mass is 16.7. The van der Waals surface area contributed by atoms with Crippen LogP contribution < -0.4 is 15.4 Å². The van der Waals surface area contributed by atoms with Crippen LogP contribution in [-0.2, 0) is 23.9 Å². The molecule has 0 radical (unpaired) electrons. The van der Waals surface area contributed by atoms with E-state index >= 15 is 0 Å². The van der Waals surface area contributed by atoms with Crippen LogP contribution in [0.2, 0.25) is 0 Å². The molecule has 1 saturated heterocycles. The van der Waals surface area contributed by atoms with Crippen LogP contribution in [0.4, 0.5) is 5.69 Å². The fourth-order valence-electron chi connectivity index (χ4n) is 5.10. The van der Waals surface area contributed by atoms with E-state index in [9.17, 15) is 14.4 Å². The molecule has 0 bridgehead atoms. The average Bonchev–Trinajstić information content (AvgIpc) is 2.97. The molecule has 1 heterocycles.